The molecular formula is C10H15N3OS. The monoisotopic (exact) mass is 225 g/mol. The second-order valence-electron chi connectivity index (χ2n) is 3.85. The molecule has 1 fully saturated rings. The molecule has 0 bridgehead atoms. The molecule has 4 nitrogen and oxygen atoms in total. The molecule has 15 heavy (non-hydrogen) atoms. The highest BCUT2D eigenvalue weighted by atomic mass is 32.1. The first-order valence-electron chi connectivity index (χ1n) is 5.12. The molecule has 5 heteroatoms. The van der Waals surface area contributed by atoms with Crippen molar-refractivity contribution in [3.63, 3.8) is 0 Å². The van der Waals surface area contributed by atoms with Crippen LogP contribution in [0.4, 0.5) is 0 Å². The van der Waals surface area contributed by atoms with Crippen LogP contribution in [0.1, 0.15) is 21.6 Å². The van der Waals surface area contributed by atoms with Crippen molar-refractivity contribution >= 4 is 17.2 Å². The zero-order valence-corrected chi connectivity index (χ0v) is 9.80. The van der Waals surface area contributed by atoms with E-state index in [0.29, 0.717) is 6.04 Å². The third-order valence-corrected chi connectivity index (χ3v) is 3.39. The summed E-state index contributed by atoms with van der Waals surface area (Å²) in [6.07, 6.45) is 1.68. The lowest BCUT2D eigenvalue weighted by Gasteiger charge is -2.31. The molecule has 1 unspecified atom stereocenters. The van der Waals surface area contributed by atoms with Gasteiger partial charge in [0.25, 0.3) is 5.91 Å². The van der Waals surface area contributed by atoms with Crippen molar-refractivity contribution in [1.29, 1.82) is 0 Å². The Morgan fingerprint density at radius 1 is 1.73 bits per heavy atom. The molecular weight excluding hydrogens is 210 g/mol. The second kappa shape index (κ2) is 4.28. The summed E-state index contributed by atoms with van der Waals surface area (Å²) in [6, 6.07) is 0.386. The van der Waals surface area contributed by atoms with E-state index in [1.54, 1.807) is 6.20 Å². The van der Waals surface area contributed by atoms with E-state index in [1.807, 2.05) is 11.8 Å². The third-order valence-electron chi connectivity index (χ3n) is 2.49. The number of carbonyl (C=O) groups excluding carboxylic acids is 1. The Hall–Kier alpha value is -0.940. The van der Waals surface area contributed by atoms with Gasteiger partial charge in [-0.2, -0.15) is 0 Å². The summed E-state index contributed by atoms with van der Waals surface area (Å²) < 4.78 is 0. The van der Waals surface area contributed by atoms with E-state index < -0.39 is 0 Å². The third kappa shape index (κ3) is 2.35. The molecule has 0 aliphatic carbocycles. The van der Waals surface area contributed by atoms with Crippen LogP contribution in [0.5, 0.6) is 0 Å². The normalized spacial score (nSPS) is 21.7. The molecule has 0 radical (unpaired) electrons. The number of rotatable bonds is 1. The van der Waals surface area contributed by atoms with Crippen molar-refractivity contribution in [3.05, 3.63) is 16.1 Å². The molecule has 1 N–H and O–H groups in total. The van der Waals surface area contributed by atoms with Crippen molar-refractivity contribution in [1.82, 2.24) is 15.2 Å². The van der Waals surface area contributed by atoms with E-state index in [9.17, 15) is 4.79 Å². The van der Waals surface area contributed by atoms with E-state index in [-0.39, 0.29) is 5.91 Å². The van der Waals surface area contributed by atoms with Gasteiger partial charge in [-0.15, -0.1) is 11.3 Å². The van der Waals surface area contributed by atoms with E-state index in [0.717, 1.165) is 29.5 Å². The van der Waals surface area contributed by atoms with Gasteiger partial charge in [0.2, 0.25) is 0 Å². The van der Waals surface area contributed by atoms with Crippen molar-refractivity contribution in [2.24, 2.45) is 0 Å². The smallest absolute Gasteiger partial charge is 0.265 e. The Kier molecular flexibility index (Phi) is 3.02. The molecule has 82 valence electrons. The summed E-state index contributed by atoms with van der Waals surface area (Å²) in [4.78, 5) is 18.8. The highest BCUT2D eigenvalue weighted by molar-refractivity contribution is 7.13. The number of hydrogen-bond acceptors (Lipinski definition) is 4. The summed E-state index contributed by atoms with van der Waals surface area (Å²) in [5, 5.41) is 4.26. The van der Waals surface area contributed by atoms with Gasteiger partial charge in [0.05, 0.1) is 11.2 Å². The predicted molar refractivity (Wildman–Crippen MR) is 60.2 cm³/mol. The van der Waals surface area contributed by atoms with Crippen LogP contribution in [0, 0.1) is 6.92 Å². The maximum atomic E-state index is 12.0. The van der Waals surface area contributed by atoms with Gasteiger partial charge in [-0.3, -0.25) is 4.79 Å². The van der Waals surface area contributed by atoms with Crippen LogP contribution >= 0.6 is 11.3 Å². The van der Waals surface area contributed by atoms with Crippen LogP contribution in [0.2, 0.25) is 0 Å². The molecule has 1 aliphatic rings. The average molecular weight is 225 g/mol. The first-order valence-corrected chi connectivity index (χ1v) is 5.93. The Morgan fingerprint density at radius 2 is 2.53 bits per heavy atom. The van der Waals surface area contributed by atoms with E-state index in [1.165, 1.54) is 11.3 Å². The largest absolute Gasteiger partial charge is 0.335 e. The molecule has 2 heterocycles. The first kappa shape index (κ1) is 10.6. The number of aromatic nitrogens is 1. The van der Waals surface area contributed by atoms with Gasteiger partial charge in [0.15, 0.2) is 0 Å². The van der Waals surface area contributed by atoms with Crippen LogP contribution in [0.25, 0.3) is 0 Å². The van der Waals surface area contributed by atoms with Crippen molar-refractivity contribution < 1.29 is 4.79 Å². The Labute approximate surface area is 93.3 Å². The minimum atomic E-state index is 0.119. The lowest BCUT2D eigenvalue weighted by atomic mass is 10.2. The summed E-state index contributed by atoms with van der Waals surface area (Å²) in [7, 11) is 0. The molecule has 1 aliphatic heterocycles. The summed E-state index contributed by atoms with van der Waals surface area (Å²) in [6.45, 7) is 6.47. The average Bonchev–Trinajstić information content (AvgIpc) is 2.64. The number of piperazine rings is 1. The van der Waals surface area contributed by atoms with E-state index in [2.05, 4.69) is 17.2 Å². The number of carbonyl (C=O) groups is 1. The highest BCUT2D eigenvalue weighted by Gasteiger charge is 2.22. The maximum Gasteiger partial charge on any atom is 0.265 e. The fourth-order valence-corrected chi connectivity index (χ4v) is 2.48. The SMILES string of the molecule is Cc1ncc(C(=O)N2CCNC(C)C2)s1. The quantitative estimate of drug-likeness (QED) is 0.772. The summed E-state index contributed by atoms with van der Waals surface area (Å²) >= 11 is 1.47. The molecule has 1 saturated heterocycles. The second-order valence-corrected chi connectivity index (χ2v) is 5.08. The van der Waals surface area contributed by atoms with Crippen molar-refractivity contribution in [3.8, 4) is 0 Å². The Bertz CT molecular complexity index is 363. The standard InChI is InChI=1S/C10H15N3OS/c1-7-6-13(4-3-11-7)10(14)9-5-12-8(2)15-9/h5,7,11H,3-4,6H2,1-2H3. The van der Waals surface area contributed by atoms with E-state index >= 15 is 0 Å². The topological polar surface area (TPSA) is 45.2 Å². The molecule has 0 saturated carbocycles. The number of hydrogen-bond donors (Lipinski definition) is 1. The lowest BCUT2D eigenvalue weighted by molar-refractivity contribution is 0.0714. The summed E-state index contributed by atoms with van der Waals surface area (Å²) in [5.41, 5.74) is 0. The lowest BCUT2D eigenvalue weighted by Crippen LogP contribution is -2.51. The number of aryl methyl sites for hydroxylation is 1. The predicted octanol–water partition coefficient (Wildman–Crippen LogP) is 0.885. The van der Waals surface area contributed by atoms with Gasteiger partial charge >= 0.3 is 0 Å². The van der Waals surface area contributed by atoms with Gasteiger partial charge in [0, 0.05) is 25.7 Å². The van der Waals surface area contributed by atoms with Crippen LogP contribution in [0.15, 0.2) is 6.20 Å². The molecule has 1 atom stereocenters. The van der Waals surface area contributed by atoms with Gasteiger partial charge in [0.1, 0.15) is 4.88 Å². The molecule has 1 aromatic heterocycles. The Balaban J connectivity index is 2.07. The zero-order valence-electron chi connectivity index (χ0n) is 8.99. The minimum Gasteiger partial charge on any atom is -0.335 e. The molecule has 1 aromatic rings. The number of nitrogens with one attached hydrogen (secondary N) is 1. The number of thiazole rings is 1. The zero-order chi connectivity index (χ0) is 10.8. The molecule has 2 rings (SSSR count). The number of nitrogens with zero attached hydrogens (tertiary/aromatic N) is 2. The minimum absolute atomic E-state index is 0.119. The number of amides is 1. The summed E-state index contributed by atoms with van der Waals surface area (Å²) in [5.74, 6) is 0.119. The van der Waals surface area contributed by atoms with Crippen molar-refractivity contribution in [2.75, 3.05) is 19.6 Å². The first-order chi connectivity index (χ1) is 7.16. The van der Waals surface area contributed by atoms with Crippen LogP contribution in [-0.2, 0) is 0 Å². The van der Waals surface area contributed by atoms with Crippen LogP contribution < -0.4 is 5.32 Å². The van der Waals surface area contributed by atoms with Gasteiger partial charge in [-0.25, -0.2) is 4.98 Å². The van der Waals surface area contributed by atoms with Gasteiger partial charge in [-0.05, 0) is 13.8 Å². The maximum absolute atomic E-state index is 12.0. The Morgan fingerprint density at radius 3 is 3.13 bits per heavy atom. The molecule has 0 aromatic carbocycles. The van der Waals surface area contributed by atoms with E-state index in [4.69, 9.17) is 0 Å². The van der Waals surface area contributed by atoms with Gasteiger partial charge < -0.3 is 10.2 Å². The fourth-order valence-electron chi connectivity index (χ4n) is 1.73. The molecule has 1 amide bonds. The van der Waals surface area contributed by atoms with Crippen LogP contribution in [0.3, 0.4) is 0 Å². The fraction of sp³-hybridized carbons (Fsp3) is 0.600. The van der Waals surface area contributed by atoms with Gasteiger partial charge in [-0.1, -0.05) is 0 Å². The highest BCUT2D eigenvalue weighted by Crippen LogP contribution is 2.15. The molecule has 0 spiro atoms. The van der Waals surface area contributed by atoms with Crippen molar-refractivity contribution in [2.45, 2.75) is 19.9 Å². The van der Waals surface area contributed by atoms with Crippen LogP contribution in [-0.4, -0.2) is 41.5 Å².